The molecule has 0 radical (unpaired) electrons. The van der Waals surface area contributed by atoms with Crippen LogP contribution >= 0.6 is 24.0 Å². The van der Waals surface area contributed by atoms with Crippen molar-refractivity contribution in [2.24, 2.45) is 0 Å². The molecule has 0 bridgehead atoms. The second-order valence-corrected chi connectivity index (χ2v) is 8.58. The van der Waals surface area contributed by atoms with Crippen molar-refractivity contribution in [2.75, 3.05) is 0 Å². The summed E-state index contributed by atoms with van der Waals surface area (Å²) in [6.45, 7) is 0. The minimum absolute atomic E-state index is 0.0170. The van der Waals surface area contributed by atoms with Crippen LogP contribution in [-0.2, 0) is 4.79 Å². The maximum absolute atomic E-state index is 13.1. The Labute approximate surface area is 167 Å². The predicted molar refractivity (Wildman–Crippen MR) is 111 cm³/mol. The van der Waals surface area contributed by atoms with Crippen LogP contribution < -0.4 is 0 Å². The van der Waals surface area contributed by atoms with Crippen LogP contribution in [0.15, 0.2) is 45.7 Å². The van der Waals surface area contributed by atoms with Gasteiger partial charge in [0.05, 0.1) is 4.91 Å². The summed E-state index contributed by atoms with van der Waals surface area (Å²) < 4.78 is 19.5. The first-order valence-corrected chi connectivity index (χ1v) is 10.5. The Kier molecular flexibility index (Phi) is 5.45. The number of nitrogens with zero attached hydrogens (tertiary/aromatic N) is 1. The van der Waals surface area contributed by atoms with Crippen molar-refractivity contribution in [1.82, 2.24) is 4.90 Å². The van der Waals surface area contributed by atoms with Gasteiger partial charge in [0.25, 0.3) is 5.91 Å². The van der Waals surface area contributed by atoms with Crippen LogP contribution in [-0.4, -0.2) is 21.2 Å². The van der Waals surface area contributed by atoms with Crippen LogP contribution in [0.2, 0.25) is 0 Å². The second kappa shape index (κ2) is 7.98. The first kappa shape index (κ1) is 18.4. The lowest BCUT2D eigenvalue weighted by Gasteiger charge is -2.25. The van der Waals surface area contributed by atoms with Gasteiger partial charge in [0, 0.05) is 17.7 Å². The summed E-state index contributed by atoms with van der Waals surface area (Å²) in [5.74, 6) is 0.931. The van der Waals surface area contributed by atoms with E-state index in [9.17, 15) is 9.18 Å². The Morgan fingerprint density at radius 3 is 2.48 bits per heavy atom. The summed E-state index contributed by atoms with van der Waals surface area (Å²) in [5, 5.41) is 0. The highest BCUT2D eigenvalue weighted by molar-refractivity contribution is 8.26. The molecule has 0 spiro atoms. The highest BCUT2D eigenvalue weighted by Crippen LogP contribution is 2.37. The number of thioether (sulfide) groups is 1. The lowest BCUT2D eigenvalue weighted by molar-refractivity contribution is -0.123. The number of carbonyl (C=O) groups is 1. The van der Waals surface area contributed by atoms with Crippen molar-refractivity contribution in [3.05, 3.63) is 52.9 Å². The van der Waals surface area contributed by atoms with E-state index in [0.717, 1.165) is 31.2 Å². The minimum Gasteiger partial charge on any atom is -0.457 e. The molecule has 1 saturated carbocycles. The van der Waals surface area contributed by atoms with Crippen LogP contribution in [0, 0.1) is 5.82 Å². The normalized spacial score (nSPS) is 20.5. The maximum atomic E-state index is 13.1. The Balaban J connectivity index is 1.53. The van der Waals surface area contributed by atoms with Gasteiger partial charge in [-0.1, -0.05) is 49.7 Å². The average Bonchev–Trinajstić information content (AvgIpc) is 3.10. The molecule has 1 aliphatic heterocycles. The van der Waals surface area contributed by atoms with Crippen molar-refractivity contribution >= 4 is 40.3 Å². The third-order valence-corrected chi connectivity index (χ3v) is 6.37. The fourth-order valence-electron chi connectivity index (χ4n) is 3.64. The van der Waals surface area contributed by atoms with E-state index < -0.39 is 0 Å². The topological polar surface area (TPSA) is 33.5 Å². The molecule has 0 atom stereocenters. The zero-order valence-corrected chi connectivity index (χ0v) is 16.5. The molecule has 2 aliphatic rings. The monoisotopic (exact) mass is 401 g/mol. The van der Waals surface area contributed by atoms with Crippen LogP contribution in [0.25, 0.3) is 17.4 Å². The SMILES string of the molecule is O=C1/C(=C/c2ccc(-c3ccc(F)cc3)o2)SC(=S)N1C1CCCCCC1. The summed E-state index contributed by atoms with van der Waals surface area (Å²) in [7, 11) is 0. The third kappa shape index (κ3) is 4.01. The zero-order chi connectivity index (χ0) is 18.8. The van der Waals surface area contributed by atoms with E-state index in [-0.39, 0.29) is 17.8 Å². The van der Waals surface area contributed by atoms with Gasteiger partial charge >= 0.3 is 0 Å². The molecule has 6 heteroatoms. The summed E-state index contributed by atoms with van der Waals surface area (Å²) in [5.41, 5.74) is 0.794. The lowest BCUT2D eigenvalue weighted by atomic mass is 10.1. The van der Waals surface area contributed by atoms with Gasteiger partial charge in [-0.05, 0) is 49.2 Å². The average molecular weight is 402 g/mol. The van der Waals surface area contributed by atoms with Crippen molar-refractivity contribution in [1.29, 1.82) is 0 Å². The molecular formula is C21H20FNO2S2. The fraction of sp³-hybridized carbons (Fsp3) is 0.333. The number of carbonyl (C=O) groups excluding carboxylic acids is 1. The number of hydrogen-bond donors (Lipinski definition) is 0. The molecule has 2 aromatic rings. The van der Waals surface area contributed by atoms with E-state index in [1.807, 2.05) is 12.1 Å². The molecular weight excluding hydrogens is 381 g/mol. The fourth-order valence-corrected chi connectivity index (χ4v) is 5.02. The van der Waals surface area contributed by atoms with Crippen molar-refractivity contribution in [3.8, 4) is 11.3 Å². The summed E-state index contributed by atoms with van der Waals surface area (Å²) in [4.78, 5) is 15.3. The Morgan fingerprint density at radius 1 is 1.07 bits per heavy atom. The maximum Gasteiger partial charge on any atom is 0.266 e. The molecule has 2 fully saturated rings. The number of thiocarbonyl (C=S) groups is 1. The standard InChI is InChI=1S/C21H20FNO2S2/c22-15-9-7-14(8-10-15)18-12-11-17(25-18)13-19-20(24)23(21(26)27-19)16-5-3-1-2-4-6-16/h7-13,16H,1-6H2/b19-13-. The number of halogens is 1. The van der Waals surface area contributed by atoms with Crippen LogP contribution in [0.5, 0.6) is 0 Å². The third-order valence-electron chi connectivity index (χ3n) is 5.04. The molecule has 1 aromatic carbocycles. The Hall–Kier alpha value is -1.92. The Bertz CT molecular complexity index is 880. The largest absolute Gasteiger partial charge is 0.457 e. The molecule has 140 valence electrons. The van der Waals surface area contributed by atoms with E-state index in [1.165, 1.54) is 36.7 Å². The molecule has 3 nitrogen and oxygen atoms in total. The highest BCUT2D eigenvalue weighted by atomic mass is 32.2. The second-order valence-electron chi connectivity index (χ2n) is 6.91. The smallest absolute Gasteiger partial charge is 0.266 e. The minimum atomic E-state index is -0.285. The van der Waals surface area contributed by atoms with Gasteiger partial charge in [-0.3, -0.25) is 9.69 Å². The molecule has 2 heterocycles. The number of furan rings is 1. The quantitative estimate of drug-likeness (QED) is 0.358. The van der Waals surface area contributed by atoms with Crippen LogP contribution in [0.1, 0.15) is 44.3 Å². The van der Waals surface area contributed by atoms with Crippen LogP contribution in [0.4, 0.5) is 4.39 Å². The van der Waals surface area contributed by atoms with Crippen molar-refractivity contribution < 1.29 is 13.6 Å². The van der Waals surface area contributed by atoms with Gasteiger partial charge < -0.3 is 4.42 Å². The highest BCUT2D eigenvalue weighted by Gasteiger charge is 2.37. The lowest BCUT2D eigenvalue weighted by Crippen LogP contribution is -2.38. The number of rotatable bonds is 3. The number of hydrogen-bond acceptors (Lipinski definition) is 4. The summed E-state index contributed by atoms with van der Waals surface area (Å²) >= 11 is 6.83. The van der Waals surface area contributed by atoms with E-state index in [4.69, 9.17) is 16.6 Å². The molecule has 4 rings (SSSR count). The molecule has 1 aliphatic carbocycles. The summed E-state index contributed by atoms with van der Waals surface area (Å²) in [6, 6.07) is 10.00. The van der Waals surface area contributed by atoms with Crippen molar-refractivity contribution in [2.45, 2.75) is 44.6 Å². The van der Waals surface area contributed by atoms with E-state index >= 15 is 0 Å². The van der Waals surface area contributed by atoms with Gasteiger partial charge in [0.2, 0.25) is 0 Å². The van der Waals surface area contributed by atoms with Gasteiger partial charge in [-0.2, -0.15) is 0 Å². The van der Waals surface area contributed by atoms with Gasteiger partial charge in [0.15, 0.2) is 0 Å². The summed E-state index contributed by atoms with van der Waals surface area (Å²) in [6.07, 6.45) is 8.58. The molecule has 0 unspecified atom stereocenters. The van der Waals surface area contributed by atoms with Crippen LogP contribution in [0.3, 0.4) is 0 Å². The first-order chi connectivity index (χ1) is 13.1. The predicted octanol–water partition coefficient (Wildman–Crippen LogP) is 6.01. The van der Waals surface area contributed by atoms with Gasteiger partial charge in [0.1, 0.15) is 21.7 Å². The van der Waals surface area contributed by atoms with Gasteiger partial charge in [-0.25, -0.2) is 4.39 Å². The number of benzene rings is 1. The number of amides is 1. The molecule has 1 saturated heterocycles. The van der Waals surface area contributed by atoms with Gasteiger partial charge in [-0.15, -0.1) is 0 Å². The first-order valence-electron chi connectivity index (χ1n) is 9.25. The zero-order valence-electron chi connectivity index (χ0n) is 14.8. The molecule has 1 amide bonds. The van der Waals surface area contributed by atoms with E-state index in [0.29, 0.717) is 20.7 Å². The molecule has 0 N–H and O–H groups in total. The molecule has 27 heavy (non-hydrogen) atoms. The molecule has 1 aromatic heterocycles. The Morgan fingerprint density at radius 2 is 1.78 bits per heavy atom. The van der Waals surface area contributed by atoms with Crippen molar-refractivity contribution in [3.63, 3.8) is 0 Å². The van der Waals surface area contributed by atoms with E-state index in [2.05, 4.69) is 0 Å². The van der Waals surface area contributed by atoms with E-state index in [1.54, 1.807) is 23.1 Å².